The molecule has 27 heavy (non-hydrogen) atoms. The lowest BCUT2D eigenvalue weighted by Gasteiger charge is -2.10. The van der Waals surface area contributed by atoms with Gasteiger partial charge in [0.15, 0.2) is 0 Å². The second kappa shape index (κ2) is 8.79. The highest BCUT2D eigenvalue weighted by Crippen LogP contribution is 2.14. The molecule has 3 N–H and O–H groups in total. The Morgan fingerprint density at radius 1 is 0.889 bits per heavy atom. The summed E-state index contributed by atoms with van der Waals surface area (Å²) < 4.78 is 26.9. The van der Waals surface area contributed by atoms with Crippen LogP contribution in [0.4, 0.5) is 0 Å². The highest BCUT2D eigenvalue weighted by molar-refractivity contribution is 7.89. The summed E-state index contributed by atoms with van der Waals surface area (Å²) in [7, 11) is -3.69. The van der Waals surface area contributed by atoms with E-state index in [1.165, 1.54) is 6.07 Å². The zero-order valence-corrected chi connectivity index (χ0v) is 16.3. The van der Waals surface area contributed by atoms with Gasteiger partial charge in [-0.25, -0.2) is 13.1 Å². The Morgan fingerprint density at radius 2 is 1.59 bits per heavy atom. The lowest BCUT2D eigenvalue weighted by Crippen LogP contribution is -2.43. The summed E-state index contributed by atoms with van der Waals surface area (Å²) in [5.74, 6) is -0.933. The molecule has 0 aliphatic carbocycles. The van der Waals surface area contributed by atoms with Crippen LogP contribution in [0.5, 0.6) is 0 Å². The molecule has 2 aromatic carbocycles. The van der Waals surface area contributed by atoms with E-state index in [1.807, 2.05) is 19.9 Å². The number of hydrogen-bond acceptors (Lipinski definition) is 4. The fraction of sp³-hybridized carbons (Fsp3) is 0.263. The summed E-state index contributed by atoms with van der Waals surface area (Å²) in [6, 6.07) is 11.8. The molecule has 0 heterocycles. The molecule has 0 saturated heterocycles. The third kappa shape index (κ3) is 5.63. The van der Waals surface area contributed by atoms with E-state index in [2.05, 4.69) is 15.6 Å². The van der Waals surface area contributed by atoms with E-state index in [1.54, 1.807) is 37.3 Å². The maximum atomic E-state index is 12.3. The van der Waals surface area contributed by atoms with Crippen LogP contribution in [0.3, 0.4) is 0 Å². The Bertz CT molecular complexity index is 955. The lowest BCUT2D eigenvalue weighted by molar-refractivity contribution is -0.121. The zero-order chi connectivity index (χ0) is 20.0. The van der Waals surface area contributed by atoms with Gasteiger partial charge >= 0.3 is 0 Å². The van der Waals surface area contributed by atoms with E-state index in [0.29, 0.717) is 5.56 Å². The molecular weight excluding hydrogens is 366 g/mol. The molecule has 144 valence electrons. The Balaban J connectivity index is 1.82. The summed E-state index contributed by atoms with van der Waals surface area (Å²) in [4.78, 5) is 24.0. The number of amides is 2. The number of nitrogens with one attached hydrogen (secondary N) is 3. The highest BCUT2D eigenvalue weighted by atomic mass is 32.2. The Morgan fingerprint density at radius 3 is 2.26 bits per heavy atom. The van der Waals surface area contributed by atoms with Gasteiger partial charge in [0.1, 0.15) is 0 Å². The van der Waals surface area contributed by atoms with Crippen molar-refractivity contribution in [1.82, 2.24) is 15.6 Å². The topological polar surface area (TPSA) is 104 Å². The molecule has 8 heteroatoms. The number of hydrogen-bond donors (Lipinski definition) is 3. The van der Waals surface area contributed by atoms with Crippen LogP contribution in [0.25, 0.3) is 0 Å². The quantitative estimate of drug-likeness (QED) is 0.655. The Labute approximate surface area is 159 Å². The summed E-state index contributed by atoms with van der Waals surface area (Å²) in [6.07, 6.45) is -0.113. The summed E-state index contributed by atoms with van der Waals surface area (Å²) >= 11 is 0. The van der Waals surface area contributed by atoms with Crippen LogP contribution < -0.4 is 15.6 Å². The molecule has 2 rings (SSSR count). The van der Waals surface area contributed by atoms with Crippen LogP contribution in [0.2, 0.25) is 0 Å². The number of hydrazine groups is 1. The van der Waals surface area contributed by atoms with E-state index in [0.717, 1.165) is 16.7 Å². The fourth-order valence-electron chi connectivity index (χ4n) is 2.35. The molecule has 0 aliphatic heterocycles. The van der Waals surface area contributed by atoms with Crippen molar-refractivity contribution < 1.29 is 18.0 Å². The van der Waals surface area contributed by atoms with E-state index in [-0.39, 0.29) is 17.9 Å². The monoisotopic (exact) mass is 389 g/mol. The largest absolute Gasteiger partial charge is 0.273 e. The molecule has 0 spiro atoms. The van der Waals surface area contributed by atoms with Crippen molar-refractivity contribution in [1.29, 1.82) is 0 Å². The standard InChI is InChI=1S/C19H23N3O4S/c1-13-8-9-16(12-15(13)3)27(25,26)20-11-10-18(23)21-22-19(24)17-7-5-4-6-14(17)2/h4-9,12,20H,10-11H2,1-3H3,(H,21,23)(H,22,24). The highest BCUT2D eigenvalue weighted by Gasteiger charge is 2.15. The van der Waals surface area contributed by atoms with Crippen LogP contribution in [-0.4, -0.2) is 26.8 Å². The van der Waals surface area contributed by atoms with E-state index < -0.39 is 21.8 Å². The predicted octanol–water partition coefficient (Wildman–Crippen LogP) is 1.74. The van der Waals surface area contributed by atoms with Gasteiger partial charge in [-0.2, -0.15) is 0 Å². The van der Waals surface area contributed by atoms with Gasteiger partial charge in [-0.1, -0.05) is 24.3 Å². The average Bonchev–Trinajstić information content (AvgIpc) is 2.62. The van der Waals surface area contributed by atoms with Crippen LogP contribution >= 0.6 is 0 Å². The normalized spacial score (nSPS) is 11.1. The van der Waals surface area contributed by atoms with Crippen molar-refractivity contribution in [3.8, 4) is 0 Å². The first-order chi connectivity index (χ1) is 12.7. The van der Waals surface area contributed by atoms with Gasteiger partial charge in [0, 0.05) is 18.5 Å². The third-order valence-corrected chi connectivity index (χ3v) is 5.60. The number of benzene rings is 2. The molecule has 0 bridgehead atoms. The lowest BCUT2D eigenvalue weighted by atomic mass is 10.1. The molecule has 0 radical (unpaired) electrons. The number of sulfonamides is 1. The second-order valence-electron chi connectivity index (χ2n) is 6.21. The minimum atomic E-state index is -3.69. The number of rotatable bonds is 6. The summed E-state index contributed by atoms with van der Waals surface area (Å²) in [5.41, 5.74) is 7.70. The third-order valence-electron chi connectivity index (χ3n) is 4.14. The van der Waals surface area contributed by atoms with Crippen molar-refractivity contribution in [2.75, 3.05) is 6.54 Å². The van der Waals surface area contributed by atoms with E-state index in [4.69, 9.17) is 0 Å². The number of aryl methyl sites for hydroxylation is 3. The molecule has 7 nitrogen and oxygen atoms in total. The van der Waals surface area contributed by atoms with Gasteiger partial charge in [-0.05, 0) is 55.7 Å². The SMILES string of the molecule is Cc1ccc(S(=O)(=O)NCCC(=O)NNC(=O)c2ccccc2C)cc1C. The first-order valence-corrected chi connectivity index (χ1v) is 9.91. The van der Waals surface area contributed by atoms with E-state index >= 15 is 0 Å². The molecule has 0 unspecified atom stereocenters. The van der Waals surface area contributed by atoms with Gasteiger partial charge < -0.3 is 0 Å². The number of carbonyl (C=O) groups excluding carboxylic acids is 2. The maximum absolute atomic E-state index is 12.3. The van der Waals surface area contributed by atoms with Crippen LogP contribution in [-0.2, 0) is 14.8 Å². The fourth-order valence-corrected chi connectivity index (χ4v) is 3.46. The minimum Gasteiger partial charge on any atom is -0.273 e. The van der Waals surface area contributed by atoms with Gasteiger partial charge in [-0.15, -0.1) is 0 Å². The van der Waals surface area contributed by atoms with Crippen molar-refractivity contribution in [2.24, 2.45) is 0 Å². The average molecular weight is 389 g/mol. The Hall–Kier alpha value is -2.71. The Kier molecular flexibility index (Phi) is 6.70. The van der Waals surface area contributed by atoms with Gasteiger partial charge in [0.25, 0.3) is 5.91 Å². The summed E-state index contributed by atoms with van der Waals surface area (Å²) in [5, 5.41) is 0. The maximum Gasteiger partial charge on any atom is 0.269 e. The van der Waals surface area contributed by atoms with Crippen LogP contribution in [0, 0.1) is 20.8 Å². The summed E-state index contributed by atoms with van der Waals surface area (Å²) in [6.45, 7) is 5.44. The first-order valence-electron chi connectivity index (χ1n) is 8.42. The second-order valence-corrected chi connectivity index (χ2v) is 7.98. The predicted molar refractivity (Wildman–Crippen MR) is 103 cm³/mol. The van der Waals surface area contributed by atoms with Gasteiger partial charge in [-0.3, -0.25) is 20.4 Å². The minimum absolute atomic E-state index is 0.0820. The molecule has 2 amide bonds. The molecular formula is C19H23N3O4S. The molecule has 0 fully saturated rings. The van der Waals surface area contributed by atoms with Crippen molar-refractivity contribution in [3.63, 3.8) is 0 Å². The molecule has 0 atom stereocenters. The van der Waals surface area contributed by atoms with Crippen molar-refractivity contribution >= 4 is 21.8 Å². The molecule has 2 aromatic rings. The van der Waals surface area contributed by atoms with Crippen LogP contribution in [0.1, 0.15) is 33.5 Å². The number of carbonyl (C=O) groups is 2. The van der Waals surface area contributed by atoms with Crippen molar-refractivity contribution in [2.45, 2.75) is 32.1 Å². The van der Waals surface area contributed by atoms with E-state index in [9.17, 15) is 18.0 Å². The molecule has 0 aromatic heterocycles. The van der Waals surface area contributed by atoms with Gasteiger partial charge in [0.2, 0.25) is 15.9 Å². The zero-order valence-electron chi connectivity index (χ0n) is 15.5. The smallest absolute Gasteiger partial charge is 0.269 e. The first kappa shape index (κ1) is 20.6. The van der Waals surface area contributed by atoms with Crippen LogP contribution in [0.15, 0.2) is 47.4 Å². The molecule has 0 aliphatic rings. The molecule has 0 saturated carbocycles. The van der Waals surface area contributed by atoms with Crippen molar-refractivity contribution in [3.05, 3.63) is 64.7 Å². The van der Waals surface area contributed by atoms with Gasteiger partial charge in [0.05, 0.1) is 4.90 Å².